The van der Waals surface area contributed by atoms with E-state index in [1.807, 2.05) is 0 Å². The van der Waals surface area contributed by atoms with E-state index in [9.17, 15) is 0 Å². The maximum absolute atomic E-state index is 5.16. The van der Waals surface area contributed by atoms with Gasteiger partial charge in [-0.2, -0.15) is 0 Å². The summed E-state index contributed by atoms with van der Waals surface area (Å²) in [6.07, 6.45) is 1.65. The molecule has 0 aromatic rings. The lowest BCUT2D eigenvalue weighted by atomic mass is 10.8. The predicted molar refractivity (Wildman–Crippen MR) is 53.7 cm³/mol. The first kappa shape index (κ1) is 7.93. The summed E-state index contributed by atoms with van der Waals surface area (Å²) in [5, 5.41) is 0. The molecule has 0 aliphatic carbocycles. The molecule has 6 heavy (non-hydrogen) atoms. The molecule has 0 saturated heterocycles. The topological polar surface area (TPSA) is 0 Å². The van der Waals surface area contributed by atoms with Crippen LogP contribution in [0.3, 0.4) is 0 Å². The minimum Gasteiger partial charge on any atom is -0.0636 e. The lowest BCUT2D eigenvalue weighted by Gasteiger charge is -1.99. The van der Waals surface area contributed by atoms with E-state index < -0.39 is 0 Å². The number of rotatable bonds is 1. The first-order chi connectivity index (χ1) is 2.56. The Labute approximate surface area is 78.6 Å². The molecule has 0 amide bonds. The van der Waals surface area contributed by atoms with Crippen molar-refractivity contribution >= 4 is 67.8 Å². The van der Waals surface area contributed by atoms with Gasteiger partial charge >= 0.3 is 0 Å². The van der Waals surface area contributed by atoms with Gasteiger partial charge in [-0.25, -0.2) is 0 Å². The lowest BCUT2D eigenvalue weighted by Crippen LogP contribution is -1.86. The minimum absolute atomic E-state index is 0.104. The Morgan fingerprint density at radius 1 is 1.33 bits per heavy atom. The van der Waals surface area contributed by atoms with Crippen LogP contribution in [-0.4, -0.2) is -0.565 Å². The monoisotopic (exact) mass is 419 g/mol. The summed E-state index contributed by atoms with van der Waals surface area (Å²) in [7, 11) is 0. The molecule has 0 aromatic carbocycles. The van der Waals surface area contributed by atoms with Gasteiger partial charge in [0.1, 0.15) is -0.565 Å². The highest BCUT2D eigenvalue weighted by atomic mass is 127. The van der Waals surface area contributed by atoms with Crippen LogP contribution in [0, 0.1) is 6.58 Å². The summed E-state index contributed by atoms with van der Waals surface area (Å²) >= 11 is 6.70. The Morgan fingerprint density at radius 3 is 1.50 bits per heavy atom. The van der Waals surface area contributed by atoms with Gasteiger partial charge in [-0.3, -0.25) is 0 Å². The Bertz CT molecular complexity index is 51.5. The van der Waals surface area contributed by atoms with Crippen molar-refractivity contribution in [3.8, 4) is 0 Å². The normalized spacial score (nSPS) is 11.2. The van der Waals surface area contributed by atoms with Gasteiger partial charge in [-0.1, -0.05) is 74.4 Å². The number of hydrogen-bond acceptors (Lipinski definition) is 0. The average Bonchev–Trinajstić information content (AvgIpc) is 1.35. The molecule has 0 aliphatic heterocycles. The standard InChI is InChI=1S/C3H2I3/c1-2-3(4,5)6/h1-2H. The van der Waals surface area contributed by atoms with Crippen molar-refractivity contribution in [3.63, 3.8) is 0 Å². The molecule has 0 rings (SSSR count). The van der Waals surface area contributed by atoms with Gasteiger partial charge in [0.05, 0.1) is 0 Å². The second kappa shape index (κ2) is 3.06. The number of alkyl halides is 3. The van der Waals surface area contributed by atoms with E-state index in [1.54, 1.807) is 6.08 Å². The fourth-order valence-corrected chi connectivity index (χ4v) is 0. The Hall–Kier alpha value is 1.93. The van der Waals surface area contributed by atoms with Gasteiger partial charge in [-0.05, 0) is 6.08 Å². The lowest BCUT2D eigenvalue weighted by molar-refractivity contribution is 1.77. The number of halogens is 3. The van der Waals surface area contributed by atoms with Crippen molar-refractivity contribution < 1.29 is 0 Å². The van der Waals surface area contributed by atoms with Gasteiger partial charge < -0.3 is 0 Å². The van der Waals surface area contributed by atoms with Crippen molar-refractivity contribution in [2.45, 2.75) is -0.565 Å². The second-order valence-electron chi connectivity index (χ2n) is 0.708. The van der Waals surface area contributed by atoms with Crippen LogP contribution in [-0.2, 0) is 0 Å². The zero-order valence-electron chi connectivity index (χ0n) is 2.79. The molecule has 1 radical (unpaired) electrons. The molecule has 0 aliphatic rings. The molecule has 0 atom stereocenters. The van der Waals surface area contributed by atoms with E-state index in [0.29, 0.717) is 0 Å². The Balaban J connectivity index is 3.45. The van der Waals surface area contributed by atoms with Crippen LogP contribution in [0.1, 0.15) is 0 Å². The number of hydrogen-bond donors (Lipinski definition) is 0. The van der Waals surface area contributed by atoms with Gasteiger partial charge in [0, 0.05) is 0 Å². The van der Waals surface area contributed by atoms with Crippen LogP contribution >= 0.6 is 67.8 Å². The molecule has 0 spiro atoms. The quantitative estimate of drug-likeness (QED) is 0.454. The summed E-state index contributed by atoms with van der Waals surface area (Å²) < 4.78 is 0.104. The molecule has 0 heterocycles. The first-order valence-corrected chi connectivity index (χ1v) is 4.43. The molecule has 3 heteroatoms. The summed E-state index contributed by atoms with van der Waals surface area (Å²) in [4.78, 5) is 0. The van der Waals surface area contributed by atoms with Crippen molar-refractivity contribution in [3.05, 3.63) is 12.7 Å². The van der Waals surface area contributed by atoms with E-state index in [2.05, 4.69) is 67.8 Å². The Morgan fingerprint density at radius 2 is 1.50 bits per heavy atom. The molecule has 0 fully saturated rings. The van der Waals surface area contributed by atoms with E-state index in [1.165, 1.54) is 0 Å². The van der Waals surface area contributed by atoms with Crippen LogP contribution in [0.4, 0.5) is 0 Å². The molecule has 0 N–H and O–H groups in total. The van der Waals surface area contributed by atoms with Crippen LogP contribution in [0.5, 0.6) is 0 Å². The van der Waals surface area contributed by atoms with Gasteiger partial charge in [0.2, 0.25) is 0 Å². The molecule has 0 bridgehead atoms. The van der Waals surface area contributed by atoms with E-state index >= 15 is 0 Å². The van der Waals surface area contributed by atoms with Crippen molar-refractivity contribution in [2.75, 3.05) is 0 Å². The highest BCUT2D eigenvalue weighted by Crippen LogP contribution is 2.35. The molecule has 0 saturated carbocycles. The third-order valence-electron chi connectivity index (χ3n) is 0.189. The second-order valence-corrected chi connectivity index (χ2v) is 12.0. The maximum atomic E-state index is 5.16. The third-order valence-corrected chi connectivity index (χ3v) is 1.27. The minimum atomic E-state index is 0.104. The van der Waals surface area contributed by atoms with Gasteiger partial charge in [-0.15, -0.1) is 0 Å². The maximum Gasteiger partial charge on any atom is 0.142 e. The molecular formula is C3H2I3. The van der Waals surface area contributed by atoms with Gasteiger partial charge in [0.25, 0.3) is 0 Å². The highest BCUT2D eigenvalue weighted by molar-refractivity contribution is 14.3. The van der Waals surface area contributed by atoms with Crippen molar-refractivity contribution in [1.82, 2.24) is 0 Å². The van der Waals surface area contributed by atoms with E-state index in [4.69, 9.17) is 6.58 Å². The fraction of sp³-hybridized carbons (Fsp3) is 0.333. The van der Waals surface area contributed by atoms with Crippen LogP contribution in [0.15, 0.2) is 6.08 Å². The van der Waals surface area contributed by atoms with Crippen molar-refractivity contribution in [2.24, 2.45) is 0 Å². The summed E-state index contributed by atoms with van der Waals surface area (Å²) in [5.41, 5.74) is 0. The predicted octanol–water partition coefficient (Wildman–Crippen LogP) is 2.93. The van der Waals surface area contributed by atoms with Crippen LogP contribution in [0.25, 0.3) is 0 Å². The zero-order chi connectivity index (χ0) is 5.21. The zero-order valence-corrected chi connectivity index (χ0v) is 9.26. The molecule has 0 aromatic heterocycles. The third kappa shape index (κ3) is 5.93. The largest absolute Gasteiger partial charge is 0.142 e. The molecular weight excluding hydrogens is 417 g/mol. The first-order valence-electron chi connectivity index (χ1n) is 1.19. The van der Waals surface area contributed by atoms with E-state index in [0.717, 1.165) is 0 Å². The van der Waals surface area contributed by atoms with E-state index in [-0.39, 0.29) is -0.565 Å². The number of allylic oxidation sites excluding steroid dienone is 1. The highest BCUT2D eigenvalue weighted by Gasteiger charge is 2.08. The van der Waals surface area contributed by atoms with Crippen molar-refractivity contribution in [1.29, 1.82) is 0 Å². The fourth-order valence-electron chi connectivity index (χ4n) is 0. The van der Waals surface area contributed by atoms with Crippen LogP contribution in [0.2, 0.25) is 0 Å². The molecule has 35 valence electrons. The average molecular weight is 419 g/mol. The smallest absolute Gasteiger partial charge is 0.0636 e. The SMILES string of the molecule is [CH]=CC(I)(I)I. The summed E-state index contributed by atoms with van der Waals surface area (Å²) in [6, 6.07) is 0. The Kier molecular flexibility index (Phi) is 4.04. The van der Waals surface area contributed by atoms with Gasteiger partial charge in [0.15, 0.2) is 0 Å². The summed E-state index contributed by atoms with van der Waals surface area (Å²) in [5.74, 6) is 0. The molecule has 0 unspecified atom stereocenters. The van der Waals surface area contributed by atoms with Crippen LogP contribution < -0.4 is 0 Å². The molecule has 0 nitrogen and oxygen atoms in total. The summed E-state index contributed by atoms with van der Waals surface area (Å²) in [6.45, 7) is 5.16.